The van der Waals surface area contributed by atoms with Gasteiger partial charge >= 0.3 is 0 Å². The number of nitrogens with zero attached hydrogens (tertiary/aromatic N) is 6. The van der Waals surface area contributed by atoms with Gasteiger partial charge in [0.15, 0.2) is 16.4 Å². The monoisotopic (exact) mass is 418 g/mol. The normalized spacial score (nSPS) is 16.0. The molecule has 0 bridgehead atoms. The molecule has 0 aliphatic carbocycles. The standard InChI is InChI=1S/C19H23ClN6OS/c1-14-11-15(27-22-14)12-24-7-9-25(10-8-24)13-26-19(28)23(2)18(21-26)16-5-3-4-6-17(16)20/h3-6,11H,7-10,12-13H2,1-2H3. The summed E-state index contributed by atoms with van der Waals surface area (Å²) in [6, 6.07) is 9.70. The average molecular weight is 419 g/mol. The van der Waals surface area contributed by atoms with Gasteiger partial charge in [-0.3, -0.25) is 9.80 Å². The van der Waals surface area contributed by atoms with Gasteiger partial charge in [-0.2, -0.15) is 5.10 Å². The quantitative estimate of drug-likeness (QED) is 0.592. The van der Waals surface area contributed by atoms with E-state index in [-0.39, 0.29) is 0 Å². The van der Waals surface area contributed by atoms with Crippen molar-refractivity contribution in [1.82, 2.24) is 29.3 Å². The van der Waals surface area contributed by atoms with E-state index in [1.807, 2.05) is 53.6 Å². The Labute approximate surface area is 174 Å². The molecule has 1 fully saturated rings. The smallest absolute Gasteiger partial charge is 0.199 e. The van der Waals surface area contributed by atoms with Gasteiger partial charge < -0.3 is 9.09 Å². The van der Waals surface area contributed by atoms with Crippen LogP contribution in [0.2, 0.25) is 5.02 Å². The molecule has 9 heteroatoms. The van der Waals surface area contributed by atoms with Crippen LogP contribution >= 0.6 is 23.8 Å². The van der Waals surface area contributed by atoms with E-state index in [2.05, 4.69) is 15.0 Å². The second-order valence-corrected chi connectivity index (χ2v) is 7.89. The lowest BCUT2D eigenvalue weighted by Gasteiger charge is -2.33. The van der Waals surface area contributed by atoms with Crippen molar-refractivity contribution < 1.29 is 4.52 Å². The molecule has 0 spiro atoms. The van der Waals surface area contributed by atoms with Crippen LogP contribution in [-0.4, -0.2) is 55.5 Å². The molecule has 3 aromatic rings. The zero-order valence-corrected chi connectivity index (χ0v) is 17.6. The summed E-state index contributed by atoms with van der Waals surface area (Å²) in [5.41, 5.74) is 1.82. The van der Waals surface area contributed by atoms with Gasteiger partial charge in [-0.1, -0.05) is 28.9 Å². The molecule has 0 N–H and O–H groups in total. The van der Waals surface area contributed by atoms with E-state index in [1.54, 1.807) is 0 Å². The van der Waals surface area contributed by atoms with E-state index in [1.165, 1.54) is 0 Å². The molecule has 28 heavy (non-hydrogen) atoms. The van der Waals surface area contributed by atoms with E-state index in [4.69, 9.17) is 33.4 Å². The number of aryl methyl sites for hydroxylation is 1. The van der Waals surface area contributed by atoms with Gasteiger partial charge in [-0.25, -0.2) is 4.68 Å². The van der Waals surface area contributed by atoms with Gasteiger partial charge in [-0.15, -0.1) is 0 Å². The van der Waals surface area contributed by atoms with Crippen LogP contribution in [0.3, 0.4) is 0 Å². The van der Waals surface area contributed by atoms with Crippen LogP contribution < -0.4 is 0 Å². The van der Waals surface area contributed by atoms with Crippen molar-refractivity contribution in [1.29, 1.82) is 0 Å². The first-order valence-electron chi connectivity index (χ1n) is 9.27. The number of piperazine rings is 1. The molecule has 0 radical (unpaired) electrons. The summed E-state index contributed by atoms with van der Waals surface area (Å²) in [5, 5.41) is 9.37. The molecule has 4 rings (SSSR count). The maximum Gasteiger partial charge on any atom is 0.199 e. The van der Waals surface area contributed by atoms with Gasteiger partial charge in [0.05, 0.1) is 23.9 Å². The number of rotatable bonds is 5. The van der Waals surface area contributed by atoms with Crippen LogP contribution in [0.25, 0.3) is 11.4 Å². The zero-order valence-electron chi connectivity index (χ0n) is 16.0. The molecule has 1 aliphatic heterocycles. The molecule has 3 heterocycles. The summed E-state index contributed by atoms with van der Waals surface area (Å²) in [5.74, 6) is 1.71. The minimum absolute atomic E-state index is 0.673. The van der Waals surface area contributed by atoms with Crippen LogP contribution in [0.1, 0.15) is 11.5 Å². The first-order valence-corrected chi connectivity index (χ1v) is 10.1. The highest BCUT2D eigenvalue weighted by Crippen LogP contribution is 2.26. The van der Waals surface area contributed by atoms with Gasteiger partial charge in [0.2, 0.25) is 0 Å². The maximum atomic E-state index is 6.34. The highest BCUT2D eigenvalue weighted by Gasteiger charge is 2.20. The van der Waals surface area contributed by atoms with E-state index in [0.717, 1.165) is 55.6 Å². The summed E-state index contributed by atoms with van der Waals surface area (Å²) < 4.78 is 9.81. The number of benzene rings is 1. The average Bonchev–Trinajstić information content (AvgIpc) is 3.22. The predicted molar refractivity (Wildman–Crippen MR) is 111 cm³/mol. The van der Waals surface area contributed by atoms with Crippen LogP contribution in [0, 0.1) is 11.7 Å². The Kier molecular flexibility index (Phi) is 5.63. The van der Waals surface area contributed by atoms with Crippen LogP contribution in [0.5, 0.6) is 0 Å². The number of aromatic nitrogens is 4. The minimum atomic E-state index is 0.673. The largest absolute Gasteiger partial charge is 0.360 e. The number of hydrogen-bond donors (Lipinski definition) is 0. The Morgan fingerprint density at radius 2 is 1.86 bits per heavy atom. The molecular formula is C19H23ClN6OS. The van der Waals surface area contributed by atoms with Crippen molar-refractivity contribution >= 4 is 23.8 Å². The van der Waals surface area contributed by atoms with Gasteiger partial charge in [0.25, 0.3) is 0 Å². The van der Waals surface area contributed by atoms with Crippen molar-refractivity contribution in [2.45, 2.75) is 20.1 Å². The molecule has 2 aromatic heterocycles. The fourth-order valence-electron chi connectivity index (χ4n) is 3.45. The fourth-order valence-corrected chi connectivity index (χ4v) is 3.85. The van der Waals surface area contributed by atoms with Crippen LogP contribution in [-0.2, 0) is 20.3 Å². The van der Waals surface area contributed by atoms with E-state index >= 15 is 0 Å². The Balaban J connectivity index is 1.41. The number of hydrogen-bond acceptors (Lipinski definition) is 6. The third-order valence-electron chi connectivity index (χ3n) is 5.01. The molecular weight excluding hydrogens is 396 g/mol. The second-order valence-electron chi connectivity index (χ2n) is 7.11. The second kappa shape index (κ2) is 8.16. The summed E-state index contributed by atoms with van der Waals surface area (Å²) in [4.78, 5) is 4.74. The zero-order chi connectivity index (χ0) is 19.7. The molecule has 1 aromatic carbocycles. The molecule has 148 valence electrons. The van der Waals surface area contributed by atoms with Gasteiger partial charge in [0.1, 0.15) is 0 Å². The van der Waals surface area contributed by atoms with Crippen LogP contribution in [0.15, 0.2) is 34.9 Å². The van der Waals surface area contributed by atoms with Gasteiger partial charge in [0, 0.05) is 44.9 Å². The number of halogens is 1. The van der Waals surface area contributed by atoms with Crippen molar-refractivity contribution in [3.63, 3.8) is 0 Å². The van der Waals surface area contributed by atoms with Crippen molar-refractivity contribution in [2.24, 2.45) is 7.05 Å². The lowest BCUT2D eigenvalue weighted by Crippen LogP contribution is -2.46. The summed E-state index contributed by atoms with van der Waals surface area (Å²) >= 11 is 11.9. The topological polar surface area (TPSA) is 55.3 Å². The minimum Gasteiger partial charge on any atom is -0.360 e. The van der Waals surface area contributed by atoms with Crippen molar-refractivity contribution in [3.8, 4) is 11.4 Å². The van der Waals surface area contributed by atoms with Crippen molar-refractivity contribution in [2.75, 3.05) is 26.2 Å². The Morgan fingerprint density at radius 1 is 1.14 bits per heavy atom. The Hall–Kier alpha value is -2.00. The molecule has 7 nitrogen and oxygen atoms in total. The van der Waals surface area contributed by atoms with E-state index < -0.39 is 0 Å². The van der Waals surface area contributed by atoms with Crippen LogP contribution in [0.4, 0.5) is 0 Å². The highest BCUT2D eigenvalue weighted by molar-refractivity contribution is 7.71. The SMILES string of the molecule is Cc1cc(CN2CCN(Cn3nc(-c4ccccc4Cl)n(C)c3=S)CC2)on1. The third-order valence-corrected chi connectivity index (χ3v) is 5.82. The van der Waals surface area contributed by atoms with E-state index in [0.29, 0.717) is 16.5 Å². The molecule has 1 saturated heterocycles. The third kappa shape index (κ3) is 4.05. The Morgan fingerprint density at radius 3 is 2.54 bits per heavy atom. The van der Waals surface area contributed by atoms with E-state index in [9.17, 15) is 0 Å². The molecule has 0 amide bonds. The molecule has 0 atom stereocenters. The van der Waals surface area contributed by atoms with Gasteiger partial charge in [-0.05, 0) is 31.3 Å². The molecule has 0 unspecified atom stereocenters. The maximum absolute atomic E-state index is 6.34. The lowest BCUT2D eigenvalue weighted by atomic mass is 10.2. The molecule has 0 saturated carbocycles. The first-order chi connectivity index (χ1) is 13.5. The lowest BCUT2D eigenvalue weighted by molar-refractivity contribution is 0.0920. The Bertz CT molecular complexity index is 1020. The summed E-state index contributed by atoms with van der Waals surface area (Å²) in [7, 11) is 1.93. The first kappa shape index (κ1) is 19.3. The fraction of sp³-hybridized carbons (Fsp3) is 0.421. The highest BCUT2D eigenvalue weighted by atomic mass is 35.5. The summed E-state index contributed by atoms with van der Waals surface area (Å²) in [6.07, 6.45) is 0. The summed E-state index contributed by atoms with van der Waals surface area (Å²) in [6.45, 7) is 7.26. The van der Waals surface area contributed by atoms with Crippen molar-refractivity contribution in [3.05, 3.63) is 51.6 Å². The molecule has 1 aliphatic rings. The predicted octanol–water partition coefficient (Wildman–Crippen LogP) is 3.34.